The zero-order valence-electron chi connectivity index (χ0n) is 11.2. The van der Waals surface area contributed by atoms with E-state index in [1.807, 2.05) is 0 Å². The Kier molecular flexibility index (Phi) is 6.12. The van der Waals surface area contributed by atoms with Crippen LogP contribution >= 0.6 is 0 Å². The van der Waals surface area contributed by atoms with E-state index in [1.165, 1.54) is 0 Å². The Morgan fingerprint density at radius 2 is 1.89 bits per heavy atom. The lowest BCUT2D eigenvalue weighted by Crippen LogP contribution is -2.42. The molecule has 1 aliphatic rings. The van der Waals surface area contributed by atoms with Gasteiger partial charge >= 0.3 is 12.0 Å². The molecule has 2 atom stereocenters. The summed E-state index contributed by atoms with van der Waals surface area (Å²) in [6, 6.07) is -0.198. The Hall–Kier alpha value is -1.78. The number of nitrogens with zero attached hydrogens (tertiary/aromatic N) is 1. The summed E-state index contributed by atoms with van der Waals surface area (Å²) in [6.45, 7) is 8.52. The Bertz CT molecular complexity index is 345. The highest BCUT2D eigenvalue weighted by atomic mass is 16.4. The molecule has 2 amide bonds. The quantitative estimate of drug-likeness (QED) is 0.691. The average Bonchev–Trinajstić information content (AvgIpc) is 2.84. The number of nitrogens with one attached hydrogen (secondary N) is 1. The van der Waals surface area contributed by atoms with Crippen LogP contribution in [0.5, 0.6) is 0 Å². The van der Waals surface area contributed by atoms with Crippen molar-refractivity contribution in [3.05, 3.63) is 25.3 Å². The van der Waals surface area contributed by atoms with E-state index in [0.29, 0.717) is 26.1 Å². The van der Waals surface area contributed by atoms with Gasteiger partial charge in [0, 0.05) is 19.6 Å². The van der Waals surface area contributed by atoms with Gasteiger partial charge in [-0.25, -0.2) is 4.79 Å². The molecule has 2 unspecified atom stereocenters. The molecular weight excluding hydrogens is 244 g/mol. The molecule has 0 saturated heterocycles. The molecule has 0 heterocycles. The fraction of sp³-hybridized carbons (Fsp3) is 0.571. The molecule has 0 aromatic heterocycles. The summed E-state index contributed by atoms with van der Waals surface area (Å²) < 4.78 is 0. The summed E-state index contributed by atoms with van der Waals surface area (Å²) in [6.07, 6.45) is 5.79. The van der Waals surface area contributed by atoms with E-state index in [9.17, 15) is 9.59 Å². The van der Waals surface area contributed by atoms with E-state index in [0.717, 1.165) is 12.8 Å². The molecule has 0 radical (unpaired) electrons. The van der Waals surface area contributed by atoms with E-state index < -0.39 is 5.97 Å². The number of rotatable bonds is 7. The normalized spacial score (nSPS) is 21.7. The van der Waals surface area contributed by atoms with E-state index in [2.05, 4.69) is 18.5 Å². The van der Waals surface area contributed by atoms with Gasteiger partial charge in [-0.05, 0) is 18.8 Å². The minimum atomic E-state index is -0.759. The van der Waals surface area contributed by atoms with Crippen molar-refractivity contribution in [2.75, 3.05) is 19.6 Å². The molecule has 1 fully saturated rings. The Morgan fingerprint density at radius 1 is 1.26 bits per heavy atom. The maximum absolute atomic E-state index is 11.9. The van der Waals surface area contributed by atoms with E-state index >= 15 is 0 Å². The molecule has 19 heavy (non-hydrogen) atoms. The molecule has 5 nitrogen and oxygen atoms in total. The maximum atomic E-state index is 11.9. The van der Waals surface area contributed by atoms with E-state index in [1.54, 1.807) is 17.1 Å². The number of aliphatic carboxylic acids is 1. The molecule has 0 aliphatic heterocycles. The van der Waals surface area contributed by atoms with Crippen LogP contribution in [0.2, 0.25) is 0 Å². The van der Waals surface area contributed by atoms with Crippen LogP contribution in [-0.4, -0.2) is 41.6 Å². The van der Waals surface area contributed by atoms with Crippen LogP contribution in [-0.2, 0) is 4.79 Å². The van der Waals surface area contributed by atoms with Gasteiger partial charge in [-0.1, -0.05) is 18.6 Å². The smallest absolute Gasteiger partial charge is 0.317 e. The van der Waals surface area contributed by atoms with Gasteiger partial charge in [-0.2, -0.15) is 0 Å². The van der Waals surface area contributed by atoms with Gasteiger partial charge in [0.1, 0.15) is 0 Å². The third kappa shape index (κ3) is 4.43. The first-order chi connectivity index (χ1) is 9.10. The van der Waals surface area contributed by atoms with Crippen molar-refractivity contribution < 1.29 is 14.7 Å². The first-order valence-corrected chi connectivity index (χ1v) is 6.57. The van der Waals surface area contributed by atoms with Crippen molar-refractivity contribution in [1.29, 1.82) is 0 Å². The van der Waals surface area contributed by atoms with Crippen molar-refractivity contribution in [3.63, 3.8) is 0 Å². The van der Waals surface area contributed by atoms with Crippen LogP contribution in [0.1, 0.15) is 19.3 Å². The highest BCUT2D eigenvalue weighted by Gasteiger charge is 2.33. The molecule has 5 heteroatoms. The fourth-order valence-corrected chi connectivity index (χ4v) is 2.49. The molecule has 0 aromatic carbocycles. The van der Waals surface area contributed by atoms with Crippen molar-refractivity contribution >= 4 is 12.0 Å². The van der Waals surface area contributed by atoms with Crippen LogP contribution in [0.25, 0.3) is 0 Å². The summed E-state index contributed by atoms with van der Waals surface area (Å²) in [4.78, 5) is 24.5. The van der Waals surface area contributed by atoms with Crippen LogP contribution in [0.15, 0.2) is 25.3 Å². The van der Waals surface area contributed by atoms with Gasteiger partial charge in [0.15, 0.2) is 0 Å². The molecule has 106 valence electrons. The van der Waals surface area contributed by atoms with Crippen molar-refractivity contribution in [2.24, 2.45) is 11.8 Å². The van der Waals surface area contributed by atoms with Gasteiger partial charge < -0.3 is 15.3 Å². The SMILES string of the molecule is C=CCN(CC=C)C(=O)NCC1CCCC1C(=O)O. The summed E-state index contributed by atoms with van der Waals surface area (Å²) >= 11 is 0. The first-order valence-electron chi connectivity index (χ1n) is 6.57. The number of carboxylic acids is 1. The molecule has 0 aromatic rings. The van der Waals surface area contributed by atoms with Gasteiger partial charge in [0.05, 0.1) is 5.92 Å². The topological polar surface area (TPSA) is 69.6 Å². The minimum Gasteiger partial charge on any atom is -0.481 e. The highest BCUT2D eigenvalue weighted by Crippen LogP contribution is 2.31. The number of carbonyl (C=O) groups excluding carboxylic acids is 1. The van der Waals surface area contributed by atoms with Crippen LogP contribution in [0.3, 0.4) is 0 Å². The molecule has 0 spiro atoms. The third-order valence-electron chi connectivity index (χ3n) is 3.48. The van der Waals surface area contributed by atoms with E-state index in [-0.39, 0.29) is 17.9 Å². The second-order valence-electron chi connectivity index (χ2n) is 4.80. The Morgan fingerprint density at radius 3 is 2.42 bits per heavy atom. The molecule has 0 bridgehead atoms. The number of hydrogen-bond acceptors (Lipinski definition) is 2. The Balaban J connectivity index is 2.45. The lowest BCUT2D eigenvalue weighted by molar-refractivity contribution is -0.142. The number of urea groups is 1. The lowest BCUT2D eigenvalue weighted by atomic mass is 9.96. The molecule has 1 rings (SSSR count). The van der Waals surface area contributed by atoms with Crippen molar-refractivity contribution in [3.8, 4) is 0 Å². The predicted octanol–water partition coefficient (Wildman–Crippen LogP) is 1.87. The molecule has 1 saturated carbocycles. The highest BCUT2D eigenvalue weighted by molar-refractivity contribution is 5.75. The van der Waals surface area contributed by atoms with Crippen LogP contribution in [0.4, 0.5) is 4.79 Å². The largest absolute Gasteiger partial charge is 0.481 e. The number of carbonyl (C=O) groups is 2. The molecule has 1 aliphatic carbocycles. The van der Waals surface area contributed by atoms with Crippen molar-refractivity contribution in [1.82, 2.24) is 10.2 Å². The summed E-state index contributed by atoms with van der Waals surface area (Å²) in [5, 5.41) is 11.9. The number of hydrogen-bond donors (Lipinski definition) is 2. The van der Waals surface area contributed by atoms with Crippen LogP contribution < -0.4 is 5.32 Å². The predicted molar refractivity (Wildman–Crippen MR) is 73.8 cm³/mol. The first kappa shape index (κ1) is 15.3. The average molecular weight is 266 g/mol. The zero-order valence-corrected chi connectivity index (χ0v) is 11.2. The lowest BCUT2D eigenvalue weighted by Gasteiger charge is -2.22. The minimum absolute atomic E-state index is 0.0377. The van der Waals surface area contributed by atoms with E-state index in [4.69, 9.17) is 5.11 Å². The van der Waals surface area contributed by atoms with Crippen molar-refractivity contribution in [2.45, 2.75) is 19.3 Å². The standard InChI is InChI=1S/C14H22N2O3/c1-3-8-16(9-4-2)14(19)15-10-11-6-5-7-12(11)13(17)18/h3-4,11-12H,1-2,5-10H2,(H,15,19)(H,17,18). The molecule has 2 N–H and O–H groups in total. The number of carboxylic acid groups (broad SMARTS) is 1. The second-order valence-corrected chi connectivity index (χ2v) is 4.80. The summed E-state index contributed by atoms with van der Waals surface area (Å²) in [5.74, 6) is -1.05. The monoisotopic (exact) mass is 266 g/mol. The summed E-state index contributed by atoms with van der Waals surface area (Å²) in [5.41, 5.74) is 0. The van der Waals surface area contributed by atoms with Gasteiger partial charge in [0.2, 0.25) is 0 Å². The van der Waals surface area contributed by atoms with Gasteiger partial charge in [-0.15, -0.1) is 13.2 Å². The maximum Gasteiger partial charge on any atom is 0.317 e. The zero-order chi connectivity index (χ0) is 14.3. The number of amides is 2. The summed E-state index contributed by atoms with van der Waals surface area (Å²) in [7, 11) is 0. The van der Waals surface area contributed by atoms with Gasteiger partial charge in [0.25, 0.3) is 0 Å². The fourth-order valence-electron chi connectivity index (χ4n) is 2.49. The second kappa shape index (κ2) is 7.61. The van der Waals surface area contributed by atoms with Gasteiger partial charge in [-0.3, -0.25) is 4.79 Å². The Labute approximate surface area is 114 Å². The van der Waals surface area contributed by atoms with Crippen LogP contribution in [0, 0.1) is 11.8 Å². The molecular formula is C14H22N2O3. The third-order valence-corrected chi connectivity index (χ3v) is 3.48.